The number of hydrogen-bond acceptors (Lipinski definition) is 8. The molecule has 0 aliphatic carbocycles. The zero-order chi connectivity index (χ0) is 24.9. The van der Waals surface area contributed by atoms with Crippen LogP contribution in [0.3, 0.4) is 0 Å². The number of aliphatic hydroxyl groups excluding tert-OH is 1. The number of benzene rings is 2. The molecule has 0 spiro atoms. The highest BCUT2D eigenvalue weighted by atomic mass is 16.6. The molecule has 9 heteroatoms. The van der Waals surface area contributed by atoms with Crippen LogP contribution < -0.4 is 20.1 Å². The maximum absolute atomic E-state index is 11.0. The summed E-state index contributed by atoms with van der Waals surface area (Å²) in [5, 5.41) is 27.3. The predicted molar refractivity (Wildman–Crippen MR) is 135 cm³/mol. The zero-order valence-electron chi connectivity index (χ0n) is 20.3. The molecule has 1 saturated heterocycles. The summed E-state index contributed by atoms with van der Waals surface area (Å²) >= 11 is 0. The molecule has 1 unspecified atom stereocenters. The largest absolute Gasteiger partial charge is 0.497 e. The van der Waals surface area contributed by atoms with Crippen LogP contribution in [0.4, 0.5) is 0 Å². The van der Waals surface area contributed by atoms with E-state index in [1.807, 2.05) is 12.1 Å². The van der Waals surface area contributed by atoms with Crippen molar-refractivity contribution >= 4 is 0 Å². The summed E-state index contributed by atoms with van der Waals surface area (Å²) in [6, 6.07) is 15.2. The summed E-state index contributed by atoms with van der Waals surface area (Å²) in [4.78, 5) is 12.9. The Hall–Kier alpha value is -3.30. The van der Waals surface area contributed by atoms with Crippen molar-refractivity contribution in [3.05, 3.63) is 81.8 Å². The Kier molecular flexibility index (Phi) is 10.7. The number of nitrogens with one attached hydrogen (secondary N) is 2. The molecule has 1 atom stereocenters. The molecule has 2 aromatic rings. The monoisotopic (exact) mass is 484 g/mol. The fraction of sp³-hybridized carbons (Fsp3) is 0.462. The first-order valence-corrected chi connectivity index (χ1v) is 12.1. The molecular weight excluding hydrogens is 448 g/mol. The predicted octanol–water partition coefficient (Wildman–Crippen LogP) is 3.44. The van der Waals surface area contributed by atoms with Crippen LogP contribution in [0.1, 0.15) is 42.9 Å². The number of aliphatic hydroxyl groups is 1. The van der Waals surface area contributed by atoms with Crippen molar-refractivity contribution in [3.8, 4) is 11.5 Å². The first kappa shape index (κ1) is 26.3. The van der Waals surface area contributed by atoms with Crippen molar-refractivity contribution < 1.29 is 19.5 Å². The number of piperidine rings is 1. The Morgan fingerprint density at radius 1 is 1.14 bits per heavy atom. The fourth-order valence-electron chi connectivity index (χ4n) is 4.00. The van der Waals surface area contributed by atoms with E-state index in [1.54, 1.807) is 31.4 Å². The van der Waals surface area contributed by atoms with Crippen LogP contribution in [-0.2, 0) is 6.54 Å². The van der Waals surface area contributed by atoms with Gasteiger partial charge in [-0.15, -0.1) is 0 Å². The van der Waals surface area contributed by atoms with Gasteiger partial charge in [0.2, 0.25) is 0 Å². The minimum absolute atomic E-state index is 0.124. The van der Waals surface area contributed by atoms with Gasteiger partial charge in [-0.05, 0) is 67.7 Å². The molecule has 0 saturated carbocycles. The smallest absolute Gasteiger partial charge is 0.274 e. The Labute approximate surface area is 206 Å². The lowest BCUT2D eigenvalue weighted by Gasteiger charge is -2.26. The van der Waals surface area contributed by atoms with Gasteiger partial charge in [0.1, 0.15) is 11.5 Å². The van der Waals surface area contributed by atoms with E-state index in [4.69, 9.17) is 9.47 Å². The van der Waals surface area contributed by atoms with E-state index in [2.05, 4.69) is 27.7 Å². The van der Waals surface area contributed by atoms with Gasteiger partial charge in [0, 0.05) is 19.6 Å². The molecule has 9 nitrogen and oxygen atoms in total. The third-order valence-electron chi connectivity index (χ3n) is 5.88. The highest BCUT2D eigenvalue weighted by Gasteiger charge is 2.12. The van der Waals surface area contributed by atoms with Crippen molar-refractivity contribution in [2.24, 2.45) is 0 Å². The number of nitro groups is 1. The number of likely N-dealkylation sites (tertiary alicyclic amines) is 1. The summed E-state index contributed by atoms with van der Waals surface area (Å²) in [7, 11) is 1.58. The normalized spacial score (nSPS) is 15.3. The SMILES string of the molecule is COc1ccc(C(O)CNC(=C[N+](=O)[O-])NCCCOc2cccc(CN3CCCCC3)c2)cc1. The molecule has 3 N–H and O–H groups in total. The third-order valence-corrected chi connectivity index (χ3v) is 5.88. The second kappa shape index (κ2) is 14.2. The van der Waals surface area contributed by atoms with Gasteiger partial charge in [0.05, 0.1) is 24.7 Å². The molecule has 1 fully saturated rings. The first-order valence-electron chi connectivity index (χ1n) is 12.1. The maximum Gasteiger partial charge on any atom is 0.274 e. The number of ether oxygens (including phenoxy) is 2. The molecule has 2 aromatic carbocycles. The van der Waals surface area contributed by atoms with Gasteiger partial charge in [0.15, 0.2) is 5.82 Å². The van der Waals surface area contributed by atoms with Crippen molar-refractivity contribution in [1.29, 1.82) is 0 Å². The lowest BCUT2D eigenvalue weighted by molar-refractivity contribution is -0.404. The third kappa shape index (κ3) is 9.46. The Morgan fingerprint density at radius 2 is 1.91 bits per heavy atom. The molecule has 0 amide bonds. The standard InChI is InChI=1S/C26H36N4O5/c1-34-23-11-9-22(10-12-23)25(31)18-28-26(20-30(32)33)27-13-6-16-35-24-8-5-7-21(17-24)19-29-14-3-2-4-15-29/h5,7-12,17,20,25,27-28,31H,2-4,6,13-16,18-19H2,1H3. The number of methoxy groups -OCH3 is 1. The van der Waals surface area contributed by atoms with Crippen LogP contribution in [0.15, 0.2) is 60.6 Å². The average Bonchev–Trinajstić information content (AvgIpc) is 2.87. The molecule has 190 valence electrons. The highest BCUT2D eigenvalue weighted by molar-refractivity contribution is 5.29. The van der Waals surface area contributed by atoms with Crippen LogP contribution in [0.25, 0.3) is 0 Å². The number of hydrogen-bond donors (Lipinski definition) is 3. The van der Waals surface area contributed by atoms with E-state index in [-0.39, 0.29) is 12.4 Å². The fourth-order valence-corrected chi connectivity index (χ4v) is 4.00. The minimum Gasteiger partial charge on any atom is -0.497 e. The first-order chi connectivity index (χ1) is 17.0. The second-order valence-electron chi connectivity index (χ2n) is 8.61. The summed E-state index contributed by atoms with van der Waals surface area (Å²) in [6.07, 6.45) is 4.57. The molecule has 1 heterocycles. The molecule has 0 aromatic heterocycles. The average molecular weight is 485 g/mol. The summed E-state index contributed by atoms with van der Waals surface area (Å²) in [5.41, 5.74) is 1.94. The molecule has 0 bridgehead atoms. The molecule has 35 heavy (non-hydrogen) atoms. The molecule has 1 aliphatic rings. The lowest BCUT2D eigenvalue weighted by atomic mass is 10.1. The summed E-state index contributed by atoms with van der Waals surface area (Å²) in [6.45, 7) is 4.35. The van der Waals surface area contributed by atoms with Crippen molar-refractivity contribution in [3.63, 3.8) is 0 Å². The van der Waals surface area contributed by atoms with Gasteiger partial charge in [-0.25, -0.2) is 0 Å². The molecule has 1 aliphatic heterocycles. The van der Waals surface area contributed by atoms with Gasteiger partial charge >= 0.3 is 0 Å². The van der Waals surface area contributed by atoms with E-state index in [0.717, 1.165) is 31.6 Å². The van der Waals surface area contributed by atoms with Gasteiger partial charge in [-0.2, -0.15) is 0 Å². The zero-order valence-corrected chi connectivity index (χ0v) is 20.3. The highest BCUT2D eigenvalue weighted by Crippen LogP contribution is 2.18. The van der Waals surface area contributed by atoms with Crippen LogP contribution in [0.5, 0.6) is 11.5 Å². The van der Waals surface area contributed by atoms with Crippen molar-refractivity contribution in [2.75, 3.05) is 39.9 Å². The Bertz CT molecular complexity index is 945. The van der Waals surface area contributed by atoms with Crippen LogP contribution in [-0.4, -0.2) is 54.8 Å². The lowest BCUT2D eigenvalue weighted by Crippen LogP contribution is -2.31. The van der Waals surface area contributed by atoms with Crippen molar-refractivity contribution in [2.45, 2.75) is 38.3 Å². The van der Waals surface area contributed by atoms with Crippen molar-refractivity contribution in [1.82, 2.24) is 15.5 Å². The van der Waals surface area contributed by atoms with Gasteiger partial charge < -0.3 is 25.2 Å². The number of nitrogens with zero attached hydrogens (tertiary/aromatic N) is 2. The summed E-state index contributed by atoms with van der Waals surface area (Å²) < 4.78 is 11.0. The minimum atomic E-state index is -0.821. The van der Waals surface area contributed by atoms with E-state index in [9.17, 15) is 15.2 Å². The van der Waals surface area contributed by atoms with Crippen LogP contribution >= 0.6 is 0 Å². The van der Waals surface area contributed by atoms with Crippen LogP contribution in [0, 0.1) is 10.1 Å². The molecular formula is C26H36N4O5. The molecule has 0 radical (unpaired) electrons. The maximum atomic E-state index is 11.0. The van der Waals surface area contributed by atoms with Gasteiger partial charge in [-0.1, -0.05) is 30.7 Å². The van der Waals surface area contributed by atoms with Gasteiger partial charge in [-0.3, -0.25) is 15.0 Å². The number of rotatable bonds is 14. The van der Waals surface area contributed by atoms with E-state index in [1.165, 1.54) is 24.8 Å². The van der Waals surface area contributed by atoms with Gasteiger partial charge in [0.25, 0.3) is 6.20 Å². The van der Waals surface area contributed by atoms with Crippen LogP contribution in [0.2, 0.25) is 0 Å². The molecule has 3 rings (SSSR count). The van der Waals surface area contributed by atoms with E-state index in [0.29, 0.717) is 30.9 Å². The van der Waals surface area contributed by atoms with E-state index >= 15 is 0 Å². The quantitative estimate of drug-likeness (QED) is 0.213. The topological polar surface area (TPSA) is 109 Å². The second-order valence-corrected chi connectivity index (χ2v) is 8.61. The Morgan fingerprint density at radius 3 is 2.63 bits per heavy atom. The summed E-state index contributed by atoms with van der Waals surface area (Å²) in [5.74, 6) is 1.77. The Balaban J connectivity index is 1.39. The van der Waals surface area contributed by atoms with E-state index < -0.39 is 11.0 Å².